The van der Waals surface area contributed by atoms with Crippen molar-refractivity contribution in [2.45, 2.75) is 6.92 Å². The third-order valence-electron chi connectivity index (χ3n) is 5.41. The van der Waals surface area contributed by atoms with Gasteiger partial charge in [0.1, 0.15) is 32.1 Å². The Morgan fingerprint density at radius 1 is 1.00 bits per heavy atom. The third kappa shape index (κ3) is 5.10. The topological polar surface area (TPSA) is 177 Å². The van der Waals surface area contributed by atoms with Crippen LogP contribution in [-0.2, 0) is 0 Å². The van der Waals surface area contributed by atoms with Crippen LogP contribution in [0.4, 0.5) is 10.6 Å². The molecule has 0 aliphatic rings. The normalized spacial score (nSPS) is 10.9. The van der Waals surface area contributed by atoms with Gasteiger partial charge in [-0.15, -0.1) is 27.8 Å². The summed E-state index contributed by atoms with van der Waals surface area (Å²) in [6.45, 7) is 2.29. The molecule has 0 spiro atoms. The van der Waals surface area contributed by atoms with Crippen molar-refractivity contribution in [2.24, 2.45) is 0 Å². The highest BCUT2D eigenvalue weighted by Gasteiger charge is 2.24. The molecular weight excluding hydrogens is 552 g/mol. The number of amides is 2. The van der Waals surface area contributed by atoms with Crippen LogP contribution in [0.5, 0.6) is 0 Å². The van der Waals surface area contributed by atoms with E-state index in [4.69, 9.17) is 14.4 Å². The molecule has 0 bridgehead atoms. The van der Waals surface area contributed by atoms with Crippen molar-refractivity contribution in [1.82, 2.24) is 45.4 Å². The van der Waals surface area contributed by atoms with Gasteiger partial charge < -0.3 is 9.73 Å². The summed E-state index contributed by atoms with van der Waals surface area (Å²) < 4.78 is 5.24. The molecule has 2 amide bonds. The first kappa shape index (κ1) is 25.1. The molecule has 15 heteroatoms. The Bertz CT molecular complexity index is 1850. The molecule has 0 aliphatic heterocycles. The first-order valence-electron chi connectivity index (χ1n) is 11.9. The van der Waals surface area contributed by atoms with Crippen LogP contribution in [-0.4, -0.2) is 52.7 Å². The Balaban J connectivity index is 1.50. The first-order chi connectivity index (χ1) is 19.6. The minimum absolute atomic E-state index is 0.0620. The summed E-state index contributed by atoms with van der Waals surface area (Å²) in [4.78, 5) is 51.5. The third-order valence-corrected chi connectivity index (χ3v) is 7.36. The molecule has 0 aromatic carbocycles. The summed E-state index contributed by atoms with van der Waals surface area (Å²) in [5, 5.41) is 14.8. The summed E-state index contributed by atoms with van der Waals surface area (Å²) in [6, 6.07) is 8.66. The minimum Gasteiger partial charge on any atom is -0.387 e. The predicted octanol–water partition coefficient (Wildman–Crippen LogP) is 4.33. The van der Waals surface area contributed by atoms with Gasteiger partial charge in [0, 0.05) is 47.8 Å². The van der Waals surface area contributed by atoms with Gasteiger partial charge in [-0.25, -0.2) is 39.6 Å². The SMILES string of the molecule is CCNC(=O)Nc1cc(-c2nc(-c3ccccn3)cs2)c(-c2nc(-c3ncccn3)c(-c3n[nH]c(=O)o3)s2)cn1. The van der Waals surface area contributed by atoms with Crippen molar-refractivity contribution >= 4 is 34.5 Å². The van der Waals surface area contributed by atoms with E-state index in [0.29, 0.717) is 55.6 Å². The molecule has 3 N–H and O–H groups in total. The van der Waals surface area contributed by atoms with Crippen LogP contribution in [0.3, 0.4) is 0 Å². The number of aromatic amines is 1. The first-order valence-corrected chi connectivity index (χ1v) is 13.6. The van der Waals surface area contributed by atoms with Crippen molar-refractivity contribution in [3.63, 3.8) is 0 Å². The van der Waals surface area contributed by atoms with Crippen LogP contribution >= 0.6 is 22.7 Å². The smallest absolute Gasteiger partial charge is 0.387 e. The van der Waals surface area contributed by atoms with E-state index in [2.05, 4.69) is 40.8 Å². The van der Waals surface area contributed by atoms with Gasteiger partial charge in [-0.2, -0.15) is 0 Å². The van der Waals surface area contributed by atoms with Gasteiger partial charge in [-0.3, -0.25) is 10.3 Å². The summed E-state index contributed by atoms with van der Waals surface area (Å²) >= 11 is 2.65. The summed E-state index contributed by atoms with van der Waals surface area (Å²) in [7, 11) is 0. The number of carbonyl (C=O) groups excluding carboxylic acids is 1. The Morgan fingerprint density at radius 2 is 1.85 bits per heavy atom. The molecule has 6 rings (SSSR count). The fourth-order valence-electron chi connectivity index (χ4n) is 3.70. The molecule has 0 radical (unpaired) electrons. The summed E-state index contributed by atoms with van der Waals surface area (Å²) in [5.74, 6) is 0.0344. The van der Waals surface area contributed by atoms with E-state index in [1.807, 2.05) is 30.5 Å². The molecule has 0 aliphatic carbocycles. The Kier molecular flexibility index (Phi) is 6.86. The largest absolute Gasteiger partial charge is 0.434 e. The van der Waals surface area contributed by atoms with E-state index in [9.17, 15) is 9.59 Å². The van der Waals surface area contributed by atoms with Gasteiger partial charge >= 0.3 is 11.8 Å². The van der Waals surface area contributed by atoms with Crippen molar-refractivity contribution in [2.75, 3.05) is 11.9 Å². The fourth-order valence-corrected chi connectivity index (χ4v) is 5.56. The van der Waals surface area contributed by atoms with Gasteiger partial charge in [-0.1, -0.05) is 6.07 Å². The van der Waals surface area contributed by atoms with E-state index in [1.54, 1.807) is 36.9 Å². The minimum atomic E-state index is -0.696. The van der Waals surface area contributed by atoms with Crippen LogP contribution in [0.25, 0.3) is 54.8 Å². The number of pyridine rings is 2. The standard InChI is InChI=1S/C25H18N10O3S2/c1-2-26-24(36)32-17-10-13(22-31-16(12-39-22)15-6-3-4-7-27-15)14(11-30-17)23-33-18(20-28-8-5-9-29-20)19(40-23)21-34-35-25(37)38-21/h3-12H,2H2,1H3,(H,35,37)(H2,26,30,32,36). The van der Waals surface area contributed by atoms with E-state index in [1.165, 1.54) is 22.7 Å². The lowest BCUT2D eigenvalue weighted by atomic mass is 10.1. The molecule has 6 heterocycles. The molecule has 6 aromatic rings. The second-order valence-corrected chi connectivity index (χ2v) is 9.90. The van der Waals surface area contributed by atoms with E-state index in [-0.39, 0.29) is 11.9 Å². The second kappa shape index (κ2) is 10.9. The molecule has 0 saturated heterocycles. The van der Waals surface area contributed by atoms with E-state index >= 15 is 0 Å². The highest BCUT2D eigenvalue weighted by molar-refractivity contribution is 7.19. The molecule has 0 unspecified atom stereocenters. The summed E-state index contributed by atoms with van der Waals surface area (Å²) in [6.07, 6.45) is 6.50. The maximum absolute atomic E-state index is 12.2. The molecule has 0 fully saturated rings. The van der Waals surface area contributed by atoms with E-state index in [0.717, 1.165) is 5.69 Å². The number of H-pyrrole nitrogens is 1. The number of rotatable bonds is 7. The average molecular weight is 571 g/mol. The van der Waals surface area contributed by atoms with Gasteiger partial charge in [0.25, 0.3) is 5.89 Å². The predicted molar refractivity (Wildman–Crippen MR) is 150 cm³/mol. The number of urea groups is 1. The van der Waals surface area contributed by atoms with Gasteiger partial charge in [0.15, 0.2) is 5.82 Å². The zero-order valence-corrected chi connectivity index (χ0v) is 22.3. The monoisotopic (exact) mass is 570 g/mol. The quantitative estimate of drug-likeness (QED) is 0.250. The van der Waals surface area contributed by atoms with Crippen molar-refractivity contribution in [3.05, 3.63) is 71.0 Å². The van der Waals surface area contributed by atoms with Crippen LogP contribution < -0.4 is 16.4 Å². The van der Waals surface area contributed by atoms with E-state index < -0.39 is 5.76 Å². The number of hydrogen-bond donors (Lipinski definition) is 3. The summed E-state index contributed by atoms with van der Waals surface area (Å²) in [5.41, 5.74) is 3.14. The molecule has 13 nitrogen and oxygen atoms in total. The second-order valence-electron chi connectivity index (χ2n) is 8.04. The number of nitrogens with one attached hydrogen (secondary N) is 3. The Morgan fingerprint density at radius 3 is 2.60 bits per heavy atom. The van der Waals surface area contributed by atoms with Gasteiger partial charge in [0.05, 0.1) is 5.69 Å². The van der Waals surface area contributed by atoms with Crippen LogP contribution in [0.15, 0.2) is 69.7 Å². The molecule has 0 saturated carbocycles. The lowest BCUT2D eigenvalue weighted by Gasteiger charge is -2.09. The fraction of sp³-hybridized carbons (Fsp3) is 0.0800. The molecular formula is C25H18N10O3S2. The Labute approximate surface area is 233 Å². The number of thiazole rings is 2. The average Bonchev–Trinajstić information content (AvgIpc) is 3.74. The highest BCUT2D eigenvalue weighted by atomic mass is 32.1. The van der Waals surface area contributed by atoms with Gasteiger partial charge in [0.2, 0.25) is 0 Å². The number of nitrogens with zero attached hydrogens (tertiary/aromatic N) is 7. The van der Waals surface area contributed by atoms with Crippen molar-refractivity contribution < 1.29 is 9.21 Å². The zero-order valence-electron chi connectivity index (χ0n) is 20.7. The molecule has 6 aromatic heterocycles. The van der Waals surface area contributed by atoms with Crippen LogP contribution in [0.2, 0.25) is 0 Å². The Hall–Kier alpha value is -5.15. The lowest BCUT2D eigenvalue weighted by Crippen LogP contribution is -2.28. The number of carbonyl (C=O) groups is 1. The lowest BCUT2D eigenvalue weighted by molar-refractivity contribution is 0.252. The van der Waals surface area contributed by atoms with Gasteiger partial charge in [-0.05, 0) is 31.2 Å². The molecule has 0 atom stereocenters. The van der Waals surface area contributed by atoms with Crippen LogP contribution in [0, 0.1) is 0 Å². The van der Waals surface area contributed by atoms with Crippen molar-refractivity contribution in [1.29, 1.82) is 0 Å². The van der Waals surface area contributed by atoms with Crippen LogP contribution in [0.1, 0.15) is 6.92 Å². The maximum Gasteiger partial charge on any atom is 0.434 e. The number of hydrogen-bond acceptors (Lipinski definition) is 12. The zero-order chi connectivity index (χ0) is 27.5. The van der Waals surface area contributed by atoms with Crippen molar-refractivity contribution in [3.8, 4) is 54.8 Å². The maximum atomic E-state index is 12.2. The number of anilines is 1. The molecule has 198 valence electrons. The number of aromatic nitrogens is 8. The molecule has 40 heavy (non-hydrogen) atoms. The highest BCUT2D eigenvalue weighted by Crippen LogP contribution is 2.42.